The topological polar surface area (TPSA) is 79.0 Å². The van der Waals surface area contributed by atoms with Crippen molar-refractivity contribution in [2.45, 2.75) is 25.8 Å². The van der Waals surface area contributed by atoms with E-state index >= 15 is 0 Å². The fourth-order valence-electron chi connectivity index (χ4n) is 3.62. The van der Waals surface area contributed by atoms with Crippen LogP contribution in [0.1, 0.15) is 23.8 Å². The summed E-state index contributed by atoms with van der Waals surface area (Å²) in [6, 6.07) is 9.60. The van der Waals surface area contributed by atoms with Gasteiger partial charge in [-0.05, 0) is 30.7 Å². The molecule has 2 heterocycles. The van der Waals surface area contributed by atoms with E-state index in [0.29, 0.717) is 22.4 Å². The highest BCUT2D eigenvalue weighted by molar-refractivity contribution is 5.75. The number of ether oxygens (including phenoxy) is 1. The number of fused-ring (bicyclic) bond motifs is 1. The van der Waals surface area contributed by atoms with Gasteiger partial charge in [0.15, 0.2) is 23.5 Å². The molecule has 4 aromatic rings. The molecule has 184 valence electrons. The van der Waals surface area contributed by atoms with Gasteiger partial charge < -0.3 is 20.3 Å². The van der Waals surface area contributed by atoms with Crippen molar-refractivity contribution in [1.29, 1.82) is 0 Å². The number of halogens is 5. The van der Waals surface area contributed by atoms with Crippen LogP contribution in [0.4, 0.5) is 27.6 Å². The average molecular weight is 493 g/mol. The van der Waals surface area contributed by atoms with Gasteiger partial charge in [-0.15, -0.1) is 0 Å². The molecule has 0 fully saturated rings. The molecule has 2 aromatic carbocycles. The number of alkyl halides is 3. The van der Waals surface area contributed by atoms with Crippen LogP contribution in [-0.2, 0) is 0 Å². The van der Waals surface area contributed by atoms with Gasteiger partial charge in [-0.2, -0.15) is 17.6 Å². The lowest BCUT2D eigenvalue weighted by molar-refractivity contribution is -0.131. The lowest BCUT2D eigenvalue weighted by Crippen LogP contribution is -2.15. The first-order valence-electron chi connectivity index (χ1n) is 10.4. The summed E-state index contributed by atoms with van der Waals surface area (Å²) in [5.74, 6) is -2.70. The number of aliphatic hydroxyl groups is 2. The maximum atomic E-state index is 14.2. The maximum Gasteiger partial charge on any atom is 0.390 e. The van der Waals surface area contributed by atoms with Gasteiger partial charge in [0.2, 0.25) is 5.82 Å². The van der Waals surface area contributed by atoms with E-state index in [9.17, 15) is 32.2 Å². The number of nitrogens with zero attached hydrogens (tertiary/aromatic N) is 2. The molecule has 2 aromatic heterocycles. The second kappa shape index (κ2) is 9.51. The third-order valence-corrected chi connectivity index (χ3v) is 5.29. The molecule has 4 rings (SSSR count). The number of pyridine rings is 1. The number of anilines is 1. The molecular weight excluding hydrogens is 473 g/mol. The first kappa shape index (κ1) is 24.4. The highest BCUT2D eigenvalue weighted by atomic mass is 19.4. The minimum Gasteiger partial charge on any atom is -0.453 e. The van der Waals surface area contributed by atoms with Gasteiger partial charge >= 0.3 is 6.18 Å². The van der Waals surface area contributed by atoms with Crippen LogP contribution in [-0.4, -0.2) is 32.3 Å². The molecule has 0 atom stereocenters. The molecule has 0 saturated carbocycles. The van der Waals surface area contributed by atoms with E-state index in [4.69, 9.17) is 4.74 Å². The predicted molar refractivity (Wildman–Crippen MR) is 118 cm³/mol. The zero-order valence-electron chi connectivity index (χ0n) is 18.3. The number of imidazole rings is 1. The zero-order chi connectivity index (χ0) is 25.3. The fourth-order valence-corrected chi connectivity index (χ4v) is 3.62. The molecule has 0 aliphatic rings. The third-order valence-electron chi connectivity index (χ3n) is 5.29. The number of benzene rings is 2. The zero-order valence-corrected chi connectivity index (χ0v) is 18.3. The van der Waals surface area contributed by atoms with Crippen LogP contribution in [0, 0.1) is 18.6 Å². The fraction of sp³-hybridized carbons (Fsp3) is 0.208. The van der Waals surface area contributed by atoms with E-state index in [1.54, 1.807) is 19.1 Å². The van der Waals surface area contributed by atoms with E-state index in [2.05, 4.69) is 10.3 Å². The summed E-state index contributed by atoms with van der Waals surface area (Å²) in [6.07, 6.45) is -4.20. The molecular formula is C24H20F5N3O3. The van der Waals surface area contributed by atoms with E-state index in [0.717, 1.165) is 6.07 Å². The van der Waals surface area contributed by atoms with Crippen LogP contribution in [0.15, 0.2) is 54.9 Å². The Morgan fingerprint density at radius 3 is 2.57 bits per heavy atom. The van der Waals surface area contributed by atoms with Gasteiger partial charge in [0.1, 0.15) is 5.75 Å². The number of aliphatic hydroxyl groups excluding tert-OH is 1. The smallest absolute Gasteiger partial charge is 0.390 e. The molecule has 0 aliphatic carbocycles. The predicted octanol–water partition coefficient (Wildman–Crippen LogP) is 5.73. The van der Waals surface area contributed by atoms with Crippen molar-refractivity contribution in [3.05, 3.63) is 77.6 Å². The molecule has 0 unspecified atom stereocenters. The Balaban J connectivity index is 1.79. The summed E-state index contributed by atoms with van der Waals surface area (Å²) in [7, 11) is 0. The molecule has 3 N–H and O–H groups in total. The van der Waals surface area contributed by atoms with E-state index in [1.165, 1.54) is 41.1 Å². The van der Waals surface area contributed by atoms with Crippen molar-refractivity contribution in [3.8, 4) is 22.8 Å². The summed E-state index contributed by atoms with van der Waals surface area (Å²) in [4.78, 5) is 4.31. The summed E-state index contributed by atoms with van der Waals surface area (Å²) in [5.41, 5.74) is 2.49. The van der Waals surface area contributed by atoms with E-state index < -0.39 is 42.8 Å². The van der Waals surface area contributed by atoms with E-state index in [-0.39, 0.29) is 17.1 Å². The molecule has 11 heteroatoms. The number of hydrogen-bond acceptors (Lipinski definition) is 5. The van der Waals surface area contributed by atoms with Crippen molar-refractivity contribution in [2.24, 2.45) is 0 Å². The van der Waals surface area contributed by atoms with Crippen molar-refractivity contribution < 1.29 is 36.9 Å². The van der Waals surface area contributed by atoms with Crippen LogP contribution in [0.2, 0.25) is 0 Å². The standard InChI is InChI=1S/C24H20F5N3O3/c1-13-9-14(5-6-16(13)23(33)34)19-11-31-22-18(30-8-7-24(27,28)29)10-15(12-32(19)22)35-20-4-2-3-17(25)21(20)26/h2-6,9-12,23,30,33-34H,7-8H2,1H3. The van der Waals surface area contributed by atoms with Crippen LogP contribution >= 0.6 is 0 Å². The largest absolute Gasteiger partial charge is 0.453 e. The van der Waals surface area contributed by atoms with Crippen molar-refractivity contribution >= 4 is 11.3 Å². The second-order valence-corrected chi connectivity index (χ2v) is 7.82. The average Bonchev–Trinajstić information content (AvgIpc) is 3.20. The van der Waals surface area contributed by atoms with Crippen molar-refractivity contribution in [2.75, 3.05) is 11.9 Å². The Labute approximate surface area is 196 Å². The lowest BCUT2D eigenvalue weighted by Gasteiger charge is -2.14. The molecule has 0 radical (unpaired) electrons. The Kier molecular flexibility index (Phi) is 6.64. The van der Waals surface area contributed by atoms with Crippen molar-refractivity contribution in [3.63, 3.8) is 0 Å². The van der Waals surface area contributed by atoms with Gasteiger partial charge in [-0.25, -0.2) is 9.37 Å². The summed E-state index contributed by atoms with van der Waals surface area (Å²) < 4.78 is 72.9. The highest BCUT2D eigenvalue weighted by Gasteiger charge is 2.26. The van der Waals surface area contributed by atoms with Gasteiger partial charge in [0.05, 0.1) is 30.2 Å². The summed E-state index contributed by atoms with van der Waals surface area (Å²) >= 11 is 0. The quantitative estimate of drug-likeness (QED) is 0.227. The molecule has 0 bridgehead atoms. The number of nitrogens with one attached hydrogen (secondary N) is 1. The Bertz CT molecular complexity index is 1370. The van der Waals surface area contributed by atoms with Crippen LogP contribution < -0.4 is 10.1 Å². The molecule has 6 nitrogen and oxygen atoms in total. The highest BCUT2D eigenvalue weighted by Crippen LogP contribution is 2.33. The van der Waals surface area contributed by atoms with Crippen LogP contribution in [0.3, 0.4) is 0 Å². The number of aryl methyl sites for hydroxylation is 1. The minimum absolute atomic E-state index is 0.0230. The lowest BCUT2D eigenvalue weighted by atomic mass is 10.0. The first-order chi connectivity index (χ1) is 16.5. The first-order valence-corrected chi connectivity index (χ1v) is 10.4. The number of aromatic nitrogens is 2. The monoisotopic (exact) mass is 493 g/mol. The molecule has 0 spiro atoms. The summed E-state index contributed by atoms with van der Waals surface area (Å²) in [6.45, 7) is 1.24. The Morgan fingerprint density at radius 2 is 1.89 bits per heavy atom. The molecule has 0 amide bonds. The second-order valence-electron chi connectivity index (χ2n) is 7.82. The normalized spacial score (nSPS) is 11.9. The Morgan fingerprint density at radius 1 is 1.11 bits per heavy atom. The molecule has 35 heavy (non-hydrogen) atoms. The number of hydrogen-bond donors (Lipinski definition) is 3. The van der Waals surface area contributed by atoms with Gasteiger partial charge in [0.25, 0.3) is 0 Å². The number of rotatable bonds is 7. The molecule has 0 saturated heterocycles. The van der Waals surface area contributed by atoms with Gasteiger partial charge in [-0.3, -0.25) is 4.40 Å². The minimum atomic E-state index is -4.38. The SMILES string of the molecule is Cc1cc(-c2cnc3c(NCCC(F)(F)F)cc(Oc4cccc(F)c4F)cn23)ccc1C(O)O. The maximum absolute atomic E-state index is 14.2. The van der Waals surface area contributed by atoms with Gasteiger partial charge in [-0.1, -0.05) is 18.2 Å². The third kappa shape index (κ3) is 5.36. The van der Waals surface area contributed by atoms with Gasteiger partial charge in [0, 0.05) is 23.7 Å². The van der Waals surface area contributed by atoms with Crippen LogP contribution in [0.25, 0.3) is 16.9 Å². The van der Waals surface area contributed by atoms with E-state index in [1.807, 2.05) is 0 Å². The summed E-state index contributed by atoms with van der Waals surface area (Å²) in [5, 5.41) is 21.6. The van der Waals surface area contributed by atoms with Crippen molar-refractivity contribution in [1.82, 2.24) is 9.38 Å². The Hall–Kier alpha value is -3.70. The molecule has 0 aliphatic heterocycles. The van der Waals surface area contributed by atoms with Crippen LogP contribution in [0.5, 0.6) is 11.5 Å².